The number of amides is 1. The molecule has 0 unspecified atom stereocenters. The Kier molecular flexibility index (Phi) is 6.75. The summed E-state index contributed by atoms with van der Waals surface area (Å²) in [5.41, 5.74) is 0.881. The van der Waals surface area contributed by atoms with Gasteiger partial charge in [-0.15, -0.1) is 6.42 Å². The Hall–Kier alpha value is -3.91. The first-order valence-corrected chi connectivity index (χ1v) is 8.95. The third kappa shape index (κ3) is 5.22. The Bertz CT molecular complexity index is 1140. The van der Waals surface area contributed by atoms with Crippen molar-refractivity contribution in [2.45, 2.75) is 12.7 Å². The third-order valence-corrected chi connectivity index (χ3v) is 4.14. The number of aromatic nitrogens is 2. The molecule has 32 heavy (non-hydrogen) atoms. The maximum Gasteiger partial charge on any atom is 0.471 e. The summed E-state index contributed by atoms with van der Waals surface area (Å²) in [6, 6.07) is 9.68. The van der Waals surface area contributed by atoms with E-state index in [0.29, 0.717) is 5.56 Å². The molecule has 1 aromatic heterocycles. The predicted molar refractivity (Wildman–Crippen MR) is 102 cm³/mol. The van der Waals surface area contributed by atoms with Crippen LogP contribution in [0.25, 0.3) is 11.4 Å². The highest BCUT2D eigenvalue weighted by atomic mass is 19.4. The number of hydroxylamine groups is 2. The molecule has 3 aromatic rings. The van der Waals surface area contributed by atoms with Crippen LogP contribution in [0.15, 0.2) is 47.0 Å². The fourth-order valence-corrected chi connectivity index (χ4v) is 2.61. The van der Waals surface area contributed by atoms with Gasteiger partial charge in [0.2, 0.25) is 5.82 Å². The molecule has 0 aliphatic carbocycles. The average Bonchev–Trinajstić information content (AvgIpc) is 3.27. The predicted octanol–water partition coefficient (Wildman–Crippen LogP) is 4.11. The molecule has 166 valence electrons. The number of carbonyl (C=O) groups excluding carboxylic acids is 1. The zero-order chi connectivity index (χ0) is 23.3. The molecule has 0 aliphatic heterocycles. The van der Waals surface area contributed by atoms with E-state index in [1.165, 1.54) is 31.4 Å². The zero-order valence-corrected chi connectivity index (χ0v) is 16.5. The van der Waals surface area contributed by atoms with Gasteiger partial charge in [0.05, 0.1) is 13.7 Å². The second-order valence-corrected chi connectivity index (χ2v) is 6.28. The van der Waals surface area contributed by atoms with E-state index >= 15 is 0 Å². The number of hydrogen-bond acceptors (Lipinski definition) is 6. The lowest BCUT2D eigenvalue weighted by Crippen LogP contribution is -2.29. The highest BCUT2D eigenvalue weighted by molar-refractivity contribution is 5.93. The van der Waals surface area contributed by atoms with Gasteiger partial charge in [0.15, 0.2) is 11.6 Å². The van der Waals surface area contributed by atoms with Crippen molar-refractivity contribution in [1.82, 2.24) is 15.2 Å². The molecule has 7 nitrogen and oxygen atoms in total. The van der Waals surface area contributed by atoms with Crippen LogP contribution in [0.3, 0.4) is 0 Å². The number of nitrogens with zero attached hydrogens (tertiary/aromatic N) is 3. The number of alkyl halides is 3. The summed E-state index contributed by atoms with van der Waals surface area (Å²) in [4.78, 5) is 21.1. The van der Waals surface area contributed by atoms with E-state index in [4.69, 9.17) is 16.0 Å². The van der Waals surface area contributed by atoms with Crippen LogP contribution in [0.1, 0.15) is 21.8 Å². The molecule has 1 amide bonds. The van der Waals surface area contributed by atoms with Gasteiger partial charge in [0, 0.05) is 11.1 Å². The topological polar surface area (TPSA) is 77.7 Å². The fourth-order valence-electron chi connectivity index (χ4n) is 2.61. The van der Waals surface area contributed by atoms with Gasteiger partial charge >= 0.3 is 12.1 Å². The van der Waals surface area contributed by atoms with Gasteiger partial charge in [-0.2, -0.15) is 18.2 Å². The minimum absolute atomic E-state index is 0.0144. The third-order valence-electron chi connectivity index (χ3n) is 4.14. The van der Waals surface area contributed by atoms with E-state index in [1.807, 2.05) is 0 Å². The van der Waals surface area contributed by atoms with Crippen LogP contribution in [0.2, 0.25) is 0 Å². The summed E-state index contributed by atoms with van der Waals surface area (Å²) in [5.74, 6) is -0.935. The van der Waals surface area contributed by atoms with E-state index < -0.39 is 23.8 Å². The van der Waals surface area contributed by atoms with E-state index in [-0.39, 0.29) is 35.9 Å². The van der Waals surface area contributed by atoms with Gasteiger partial charge < -0.3 is 9.26 Å². The van der Waals surface area contributed by atoms with Crippen molar-refractivity contribution in [3.05, 3.63) is 65.3 Å². The van der Waals surface area contributed by atoms with E-state index in [0.717, 1.165) is 11.1 Å². The molecule has 0 spiro atoms. The minimum atomic E-state index is -4.74. The van der Waals surface area contributed by atoms with Crippen molar-refractivity contribution in [1.29, 1.82) is 0 Å². The van der Waals surface area contributed by atoms with E-state index in [9.17, 15) is 22.4 Å². The zero-order valence-electron chi connectivity index (χ0n) is 16.5. The van der Waals surface area contributed by atoms with Crippen LogP contribution < -0.4 is 4.74 Å². The summed E-state index contributed by atoms with van der Waals surface area (Å²) in [7, 11) is 1.27. The Morgan fingerprint density at radius 2 is 1.94 bits per heavy atom. The largest absolute Gasteiger partial charge is 0.478 e. The highest BCUT2D eigenvalue weighted by Crippen LogP contribution is 2.29. The van der Waals surface area contributed by atoms with Crippen molar-refractivity contribution in [3.8, 4) is 29.5 Å². The second-order valence-electron chi connectivity index (χ2n) is 6.28. The van der Waals surface area contributed by atoms with Gasteiger partial charge in [0.1, 0.15) is 6.61 Å². The Morgan fingerprint density at radius 1 is 1.22 bits per heavy atom. The molecule has 0 radical (unpaired) electrons. The normalized spacial score (nSPS) is 11.1. The number of halogens is 4. The second kappa shape index (κ2) is 9.49. The Morgan fingerprint density at radius 3 is 2.50 bits per heavy atom. The molecule has 1 heterocycles. The van der Waals surface area contributed by atoms with Gasteiger partial charge in [-0.3, -0.25) is 9.63 Å². The van der Waals surface area contributed by atoms with E-state index in [1.54, 1.807) is 12.1 Å². The van der Waals surface area contributed by atoms with Gasteiger partial charge in [-0.1, -0.05) is 35.3 Å². The lowest BCUT2D eigenvalue weighted by Gasteiger charge is -2.20. The summed E-state index contributed by atoms with van der Waals surface area (Å²) in [6.45, 7) is -0.140. The first-order valence-electron chi connectivity index (χ1n) is 8.95. The van der Waals surface area contributed by atoms with Crippen LogP contribution in [-0.4, -0.2) is 34.8 Å². The maximum atomic E-state index is 14.1. The average molecular weight is 449 g/mol. The van der Waals surface area contributed by atoms with Crippen molar-refractivity contribution in [2.24, 2.45) is 0 Å². The van der Waals surface area contributed by atoms with Gasteiger partial charge in [0.25, 0.3) is 5.91 Å². The number of rotatable bonds is 7. The minimum Gasteiger partial charge on any atom is -0.478 e. The molecule has 0 N–H and O–H groups in total. The van der Waals surface area contributed by atoms with Gasteiger partial charge in [-0.25, -0.2) is 9.45 Å². The lowest BCUT2D eigenvalue weighted by molar-refractivity contribution is -0.159. The molecule has 11 heteroatoms. The van der Waals surface area contributed by atoms with Crippen LogP contribution in [-0.2, 0) is 17.6 Å². The van der Waals surface area contributed by atoms with Crippen LogP contribution in [0.5, 0.6) is 5.75 Å². The van der Waals surface area contributed by atoms with Gasteiger partial charge in [-0.05, 0) is 23.8 Å². The molecule has 3 rings (SSSR count). The number of benzene rings is 2. The number of terminal acetylenes is 1. The SMILES string of the molecule is C#CCOc1ccc(C(=O)N(Cc2ccc(-c3noc(C(F)(F)F)n3)cc2)OC)cc1F. The summed E-state index contributed by atoms with van der Waals surface area (Å²) < 4.78 is 61.1. The summed E-state index contributed by atoms with van der Waals surface area (Å²) >= 11 is 0. The molecule has 0 bridgehead atoms. The van der Waals surface area contributed by atoms with Crippen molar-refractivity contribution >= 4 is 5.91 Å². The Balaban J connectivity index is 1.71. The number of ether oxygens (including phenoxy) is 1. The molecule has 0 saturated carbocycles. The highest BCUT2D eigenvalue weighted by Gasteiger charge is 2.38. The molecule has 0 atom stereocenters. The monoisotopic (exact) mass is 449 g/mol. The first kappa shape index (κ1) is 22.8. The van der Waals surface area contributed by atoms with Crippen LogP contribution in [0, 0.1) is 18.2 Å². The Labute approximate surface area is 179 Å². The standard InChI is InChI=1S/C21H15F4N3O4/c1-3-10-31-17-9-8-15(11-16(17)22)19(29)28(30-2)12-13-4-6-14(7-5-13)18-26-20(32-27-18)21(23,24)25/h1,4-9,11H,10,12H2,2H3. The molecule has 0 fully saturated rings. The lowest BCUT2D eigenvalue weighted by atomic mass is 10.1. The fraction of sp³-hybridized carbons (Fsp3) is 0.190. The smallest absolute Gasteiger partial charge is 0.471 e. The van der Waals surface area contributed by atoms with Crippen LogP contribution in [0.4, 0.5) is 17.6 Å². The van der Waals surface area contributed by atoms with Crippen LogP contribution >= 0.6 is 0 Å². The maximum absolute atomic E-state index is 14.1. The summed E-state index contributed by atoms with van der Waals surface area (Å²) in [5, 5.41) is 4.30. The van der Waals surface area contributed by atoms with E-state index in [2.05, 4.69) is 20.6 Å². The molecule has 0 aliphatic rings. The molecule has 0 saturated heterocycles. The number of carbonyl (C=O) groups is 1. The van der Waals surface area contributed by atoms with Crippen molar-refractivity contribution < 1.29 is 36.5 Å². The quantitative estimate of drug-likeness (QED) is 0.307. The molecular weight excluding hydrogens is 434 g/mol. The first-order chi connectivity index (χ1) is 15.2. The van der Waals surface area contributed by atoms with Crippen molar-refractivity contribution in [2.75, 3.05) is 13.7 Å². The molecular formula is C21H15F4N3O4. The number of hydrogen-bond donors (Lipinski definition) is 0. The summed E-state index contributed by atoms with van der Waals surface area (Å²) in [6.07, 6.45) is 0.324. The van der Waals surface area contributed by atoms with Crippen molar-refractivity contribution in [3.63, 3.8) is 0 Å². The molecule has 2 aromatic carbocycles.